The molecule has 1 aromatic heterocycles. The van der Waals surface area contributed by atoms with Gasteiger partial charge in [0.1, 0.15) is 4.99 Å². The first-order chi connectivity index (χ1) is 9.51. The van der Waals surface area contributed by atoms with Crippen molar-refractivity contribution in [2.24, 2.45) is 5.73 Å². The molecule has 0 aliphatic carbocycles. The van der Waals surface area contributed by atoms with E-state index in [1.54, 1.807) is 0 Å². The number of rotatable bonds is 5. The van der Waals surface area contributed by atoms with E-state index in [0.717, 1.165) is 30.0 Å². The van der Waals surface area contributed by atoms with Crippen LogP contribution in [-0.2, 0) is 13.1 Å². The highest BCUT2D eigenvalue weighted by Crippen LogP contribution is 2.18. The Labute approximate surface area is 125 Å². The molecule has 0 amide bonds. The van der Waals surface area contributed by atoms with Crippen molar-refractivity contribution in [3.63, 3.8) is 0 Å². The smallest absolute Gasteiger partial charge is 0.104 e. The molecule has 1 heterocycles. The third-order valence-electron chi connectivity index (χ3n) is 3.26. The lowest BCUT2D eigenvalue weighted by Crippen LogP contribution is -2.20. The van der Waals surface area contributed by atoms with Crippen LogP contribution >= 0.6 is 12.2 Å². The molecule has 0 aliphatic rings. The van der Waals surface area contributed by atoms with Gasteiger partial charge < -0.3 is 10.6 Å². The molecule has 0 radical (unpaired) electrons. The second-order valence-corrected chi connectivity index (χ2v) is 5.30. The summed E-state index contributed by atoms with van der Waals surface area (Å²) >= 11 is 5.03. The minimum absolute atomic E-state index is 0.426. The van der Waals surface area contributed by atoms with Crippen LogP contribution in [0.25, 0.3) is 0 Å². The van der Waals surface area contributed by atoms with Crippen molar-refractivity contribution in [2.75, 3.05) is 11.9 Å². The quantitative estimate of drug-likeness (QED) is 0.859. The highest BCUT2D eigenvalue weighted by Gasteiger charge is 2.09. The van der Waals surface area contributed by atoms with Crippen LogP contribution in [0.3, 0.4) is 0 Å². The second kappa shape index (κ2) is 6.05. The molecule has 0 aliphatic heterocycles. The van der Waals surface area contributed by atoms with Crippen LogP contribution < -0.4 is 10.6 Å². The van der Waals surface area contributed by atoms with Crippen LogP contribution in [0.1, 0.15) is 23.9 Å². The van der Waals surface area contributed by atoms with Crippen LogP contribution in [0.4, 0.5) is 5.69 Å². The van der Waals surface area contributed by atoms with Crippen molar-refractivity contribution in [3.05, 3.63) is 47.3 Å². The summed E-state index contributed by atoms with van der Waals surface area (Å²) in [7, 11) is 2.06. The maximum absolute atomic E-state index is 5.68. The molecule has 0 saturated heterocycles. The lowest BCUT2D eigenvalue weighted by Gasteiger charge is -2.20. The molecule has 4 nitrogen and oxygen atoms in total. The summed E-state index contributed by atoms with van der Waals surface area (Å²) in [6.45, 7) is 5.80. The lowest BCUT2D eigenvalue weighted by atomic mass is 10.2. The van der Waals surface area contributed by atoms with Crippen LogP contribution in [0.5, 0.6) is 0 Å². The molecule has 0 spiro atoms. The summed E-state index contributed by atoms with van der Waals surface area (Å²) in [5.74, 6) is 0. The fourth-order valence-corrected chi connectivity index (χ4v) is 2.36. The first-order valence-corrected chi connectivity index (χ1v) is 7.06. The summed E-state index contributed by atoms with van der Waals surface area (Å²) in [5.41, 5.74) is 9.92. The van der Waals surface area contributed by atoms with Gasteiger partial charge in [0.15, 0.2) is 0 Å². The van der Waals surface area contributed by atoms with E-state index < -0.39 is 0 Å². The molecule has 0 saturated carbocycles. The summed E-state index contributed by atoms with van der Waals surface area (Å²) in [4.78, 5) is 2.60. The Bertz CT molecular complexity index is 618. The Morgan fingerprint density at radius 2 is 2.15 bits per heavy atom. The van der Waals surface area contributed by atoms with Gasteiger partial charge in [-0.1, -0.05) is 24.4 Å². The van der Waals surface area contributed by atoms with E-state index in [0.29, 0.717) is 4.99 Å². The SMILES string of the molecule is CCn1nc(C)cc1CN(C)c1cccc(C(N)=S)c1. The van der Waals surface area contributed by atoms with Gasteiger partial charge >= 0.3 is 0 Å². The summed E-state index contributed by atoms with van der Waals surface area (Å²) in [6.07, 6.45) is 0. The minimum atomic E-state index is 0.426. The average molecular weight is 288 g/mol. The van der Waals surface area contributed by atoms with E-state index in [4.69, 9.17) is 18.0 Å². The predicted octanol–water partition coefficient (Wildman–Crippen LogP) is 2.48. The molecule has 0 bridgehead atoms. The molecule has 0 fully saturated rings. The van der Waals surface area contributed by atoms with Gasteiger partial charge in [0.2, 0.25) is 0 Å². The van der Waals surface area contributed by atoms with Gasteiger partial charge in [-0.3, -0.25) is 4.68 Å². The Hall–Kier alpha value is -1.88. The van der Waals surface area contributed by atoms with Crippen LogP contribution in [0, 0.1) is 6.92 Å². The number of nitrogens with two attached hydrogens (primary N) is 1. The maximum Gasteiger partial charge on any atom is 0.104 e. The van der Waals surface area contributed by atoms with Crippen molar-refractivity contribution < 1.29 is 0 Å². The van der Waals surface area contributed by atoms with Crippen molar-refractivity contribution in [1.82, 2.24) is 9.78 Å². The zero-order chi connectivity index (χ0) is 14.7. The molecular weight excluding hydrogens is 268 g/mol. The summed E-state index contributed by atoms with van der Waals surface area (Å²) in [5, 5.41) is 4.47. The standard InChI is InChI=1S/C15H20N4S/c1-4-19-14(8-11(2)17-19)10-18(3)13-7-5-6-12(9-13)15(16)20/h5-9H,4,10H2,1-3H3,(H2,16,20). The van der Waals surface area contributed by atoms with Crippen molar-refractivity contribution >= 4 is 22.9 Å². The second-order valence-electron chi connectivity index (χ2n) is 4.86. The number of hydrogen-bond acceptors (Lipinski definition) is 3. The fraction of sp³-hybridized carbons (Fsp3) is 0.333. The Morgan fingerprint density at radius 3 is 2.80 bits per heavy atom. The molecule has 2 N–H and O–H groups in total. The lowest BCUT2D eigenvalue weighted by molar-refractivity contribution is 0.613. The highest BCUT2D eigenvalue weighted by atomic mass is 32.1. The number of nitrogens with zero attached hydrogens (tertiary/aromatic N) is 3. The zero-order valence-electron chi connectivity index (χ0n) is 12.1. The normalized spacial score (nSPS) is 10.6. The Kier molecular flexibility index (Phi) is 4.39. The molecule has 2 aromatic rings. The van der Waals surface area contributed by atoms with Gasteiger partial charge in [-0.2, -0.15) is 5.10 Å². The predicted molar refractivity (Wildman–Crippen MR) is 87.1 cm³/mol. The molecule has 5 heteroatoms. The Balaban J connectivity index is 2.21. The van der Waals surface area contributed by atoms with E-state index >= 15 is 0 Å². The molecule has 2 rings (SSSR count). The van der Waals surface area contributed by atoms with E-state index in [-0.39, 0.29) is 0 Å². The number of anilines is 1. The number of thiocarbonyl (C=S) groups is 1. The molecule has 0 atom stereocenters. The van der Waals surface area contributed by atoms with E-state index in [1.165, 1.54) is 5.69 Å². The monoisotopic (exact) mass is 288 g/mol. The van der Waals surface area contributed by atoms with Crippen molar-refractivity contribution in [3.8, 4) is 0 Å². The summed E-state index contributed by atoms with van der Waals surface area (Å²) in [6, 6.07) is 10.1. The van der Waals surface area contributed by atoms with Crippen molar-refractivity contribution in [2.45, 2.75) is 26.9 Å². The largest absolute Gasteiger partial charge is 0.389 e. The third kappa shape index (κ3) is 3.17. The molecule has 0 unspecified atom stereocenters. The van der Waals surface area contributed by atoms with E-state index in [1.807, 2.05) is 29.8 Å². The maximum atomic E-state index is 5.68. The Morgan fingerprint density at radius 1 is 1.40 bits per heavy atom. The van der Waals surface area contributed by atoms with E-state index in [2.05, 4.69) is 36.1 Å². The molecule has 1 aromatic carbocycles. The zero-order valence-corrected chi connectivity index (χ0v) is 12.9. The number of aromatic nitrogens is 2. The number of aryl methyl sites for hydroxylation is 2. The van der Waals surface area contributed by atoms with Crippen LogP contribution in [-0.4, -0.2) is 21.8 Å². The third-order valence-corrected chi connectivity index (χ3v) is 3.49. The van der Waals surface area contributed by atoms with Gasteiger partial charge in [-0.15, -0.1) is 0 Å². The van der Waals surface area contributed by atoms with Gasteiger partial charge in [0, 0.05) is 24.8 Å². The van der Waals surface area contributed by atoms with Gasteiger partial charge in [0.05, 0.1) is 17.9 Å². The first-order valence-electron chi connectivity index (χ1n) is 6.65. The molecular formula is C15H20N4S. The highest BCUT2D eigenvalue weighted by molar-refractivity contribution is 7.80. The van der Waals surface area contributed by atoms with Crippen LogP contribution in [0.2, 0.25) is 0 Å². The first kappa shape index (κ1) is 14.5. The van der Waals surface area contributed by atoms with Gasteiger partial charge in [0.25, 0.3) is 0 Å². The van der Waals surface area contributed by atoms with E-state index in [9.17, 15) is 0 Å². The van der Waals surface area contributed by atoms with Gasteiger partial charge in [-0.25, -0.2) is 0 Å². The van der Waals surface area contributed by atoms with Gasteiger partial charge in [-0.05, 0) is 32.0 Å². The number of benzene rings is 1. The minimum Gasteiger partial charge on any atom is -0.389 e. The van der Waals surface area contributed by atoms with Crippen molar-refractivity contribution in [1.29, 1.82) is 0 Å². The fourth-order valence-electron chi connectivity index (χ4n) is 2.23. The molecule has 106 valence electrons. The van der Waals surface area contributed by atoms with Crippen LogP contribution in [0.15, 0.2) is 30.3 Å². The molecule has 20 heavy (non-hydrogen) atoms. The topological polar surface area (TPSA) is 47.1 Å². The summed E-state index contributed by atoms with van der Waals surface area (Å²) < 4.78 is 2.03. The average Bonchev–Trinajstić information content (AvgIpc) is 2.78. The number of hydrogen-bond donors (Lipinski definition) is 1.